The molecule has 0 unspecified atom stereocenters. The van der Waals surface area contributed by atoms with Crippen molar-refractivity contribution in [1.82, 2.24) is 4.57 Å². The molecule has 0 spiro atoms. The monoisotopic (exact) mass is 492 g/mol. The molecule has 4 aromatic rings. The summed E-state index contributed by atoms with van der Waals surface area (Å²) < 4.78 is 42.9. The summed E-state index contributed by atoms with van der Waals surface area (Å²) in [7, 11) is 0. The molecule has 1 amide bonds. The first-order chi connectivity index (χ1) is 17.2. The van der Waals surface area contributed by atoms with Crippen LogP contribution in [0.3, 0.4) is 0 Å². The van der Waals surface area contributed by atoms with Crippen LogP contribution in [0.2, 0.25) is 0 Å². The highest BCUT2D eigenvalue weighted by Crippen LogP contribution is 2.33. The van der Waals surface area contributed by atoms with Crippen LogP contribution in [0.25, 0.3) is 23.1 Å². The van der Waals surface area contributed by atoms with Gasteiger partial charge in [-0.15, -0.1) is 13.2 Å². The molecule has 36 heavy (non-hydrogen) atoms. The van der Waals surface area contributed by atoms with Crippen LogP contribution in [0.4, 0.5) is 18.9 Å². The molecule has 9 heteroatoms. The second-order valence-corrected chi connectivity index (χ2v) is 8.30. The van der Waals surface area contributed by atoms with Gasteiger partial charge in [-0.1, -0.05) is 30.4 Å². The molecule has 0 bridgehead atoms. The van der Waals surface area contributed by atoms with Gasteiger partial charge in [-0.05, 0) is 65.2 Å². The molecule has 1 aliphatic rings. The van der Waals surface area contributed by atoms with Crippen LogP contribution in [0.15, 0.2) is 72.9 Å². The van der Waals surface area contributed by atoms with E-state index in [-0.39, 0.29) is 24.7 Å². The number of halogens is 3. The molecular formula is C27H19F3N2O4. The normalized spacial score (nSPS) is 13.5. The Morgan fingerprint density at radius 2 is 1.81 bits per heavy atom. The lowest BCUT2D eigenvalue weighted by molar-refractivity contribution is -0.274. The van der Waals surface area contributed by atoms with Gasteiger partial charge in [0, 0.05) is 28.4 Å². The summed E-state index contributed by atoms with van der Waals surface area (Å²) >= 11 is 0. The maximum absolute atomic E-state index is 13.0. The van der Waals surface area contributed by atoms with E-state index in [9.17, 15) is 22.8 Å². The lowest BCUT2D eigenvalue weighted by Gasteiger charge is -2.16. The third-order valence-electron chi connectivity index (χ3n) is 5.94. The zero-order valence-electron chi connectivity index (χ0n) is 18.7. The summed E-state index contributed by atoms with van der Waals surface area (Å²) in [6, 6.07) is 18.2. The van der Waals surface area contributed by atoms with E-state index in [4.69, 9.17) is 5.11 Å². The predicted molar refractivity (Wildman–Crippen MR) is 129 cm³/mol. The molecule has 182 valence electrons. The number of aliphatic carboxylic acids is 1. The number of nitrogens with zero attached hydrogens (tertiary/aromatic N) is 2. The number of carbonyl (C=O) groups excluding carboxylic acids is 1. The van der Waals surface area contributed by atoms with E-state index in [1.165, 1.54) is 29.2 Å². The van der Waals surface area contributed by atoms with E-state index in [0.29, 0.717) is 11.3 Å². The minimum Gasteiger partial charge on any atom is -0.480 e. The average Bonchev–Trinajstić information content (AvgIpc) is 3.38. The van der Waals surface area contributed by atoms with Gasteiger partial charge >= 0.3 is 12.3 Å². The molecular weight excluding hydrogens is 473 g/mol. The van der Waals surface area contributed by atoms with Crippen molar-refractivity contribution in [3.05, 3.63) is 95.2 Å². The van der Waals surface area contributed by atoms with E-state index < -0.39 is 12.3 Å². The van der Waals surface area contributed by atoms with E-state index in [2.05, 4.69) is 4.74 Å². The van der Waals surface area contributed by atoms with E-state index in [0.717, 1.165) is 27.6 Å². The molecule has 0 radical (unpaired) electrons. The number of ether oxygens (including phenoxy) is 1. The first-order valence-corrected chi connectivity index (χ1v) is 11.0. The summed E-state index contributed by atoms with van der Waals surface area (Å²) in [5.41, 5.74) is 4.41. The Labute approximate surface area is 203 Å². The van der Waals surface area contributed by atoms with Crippen LogP contribution in [-0.2, 0) is 17.9 Å². The van der Waals surface area contributed by atoms with Crippen molar-refractivity contribution in [3.8, 4) is 5.75 Å². The number of benzene rings is 3. The molecule has 1 aliphatic heterocycles. The molecule has 0 aliphatic carbocycles. The molecule has 0 fully saturated rings. The van der Waals surface area contributed by atoms with Crippen LogP contribution in [0.5, 0.6) is 5.75 Å². The lowest BCUT2D eigenvalue weighted by atomic mass is 10.0. The quantitative estimate of drug-likeness (QED) is 0.338. The number of rotatable bonds is 6. The van der Waals surface area contributed by atoms with Crippen molar-refractivity contribution in [1.29, 1.82) is 0 Å². The summed E-state index contributed by atoms with van der Waals surface area (Å²) in [6.07, 6.45) is 0.777. The van der Waals surface area contributed by atoms with Crippen molar-refractivity contribution in [2.45, 2.75) is 19.5 Å². The number of anilines is 1. The van der Waals surface area contributed by atoms with E-state index in [1.807, 2.05) is 42.5 Å². The van der Waals surface area contributed by atoms with Gasteiger partial charge in [-0.3, -0.25) is 9.59 Å². The summed E-state index contributed by atoms with van der Waals surface area (Å²) in [5, 5.41) is 9.96. The Morgan fingerprint density at radius 1 is 1.03 bits per heavy atom. The third-order valence-corrected chi connectivity index (χ3v) is 5.94. The molecule has 2 heterocycles. The number of fused-ring (bicyclic) bond motifs is 2. The van der Waals surface area contributed by atoms with Crippen LogP contribution in [0, 0.1) is 0 Å². The Bertz CT molecular complexity index is 1500. The average molecular weight is 492 g/mol. The maximum Gasteiger partial charge on any atom is 0.573 e. The minimum atomic E-state index is -4.78. The second kappa shape index (κ2) is 8.92. The fourth-order valence-corrected chi connectivity index (χ4v) is 4.34. The Kier molecular flexibility index (Phi) is 5.75. The fourth-order valence-electron chi connectivity index (χ4n) is 4.34. The first-order valence-electron chi connectivity index (χ1n) is 11.0. The highest BCUT2D eigenvalue weighted by atomic mass is 19.4. The number of aromatic nitrogens is 1. The molecule has 0 saturated carbocycles. The van der Waals surface area contributed by atoms with Gasteiger partial charge in [0.25, 0.3) is 5.91 Å². The molecule has 0 atom stereocenters. The zero-order valence-corrected chi connectivity index (χ0v) is 18.7. The number of carboxylic acids is 1. The number of hydrogen-bond acceptors (Lipinski definition) is 3. The summed E-state index contributed by atoms with van der Waals surface area (Å²) in [6.45, 7) is 0.169. The predicted octanol–water partition coefficient (Wildman–Crippen LogP) is 5.96. The van der Waals surface area contributed by atoms with Gasteiger partial charge in [0.15, 0.2) is 0 Å². The number of alkyl halides is 3. The van der Waals surface area contributed by atoms with E-state index in [1.54, 1.807) is 22.9 Å². The molecule has 1 N–H and O–H groups in total. The zero-order chi connectivity index (χ0) is 25.4. The fraction of sp³-hybridized carbons (Fsp3) is 0.111. The van der Waals surface area contributed by atoms with Crippen molar-refractivity contribution in [2.24, 2.45) is 0 Å². The first kappa shape index (κ1) is 23.2. The number of amides is 1. The van der Waals surface area contributed by atoms with Crippen LogP contribution in [-0.4, -0.2) is 27.9 Å². The topological polar surface area (TPSA) is 71.8 Å². The standard InChI is InChI=1S/C27H19F3N2O4/c28-27(29,30)36-21-9-7-20(8-10-21)32-15-23-18(2-1-3-22(23)26(32)35)6-4-17-5-11-24-19(14-17)12-13-31(24)16-25(33)34/h1-14H,15-16H2,(H,33,34)/b6-4+. The summed E-state index contributed by atoms with van der Waals surface area (Å²) in [5.74, 6) is -1.50. The van der Waals surface area contributed by atoms with E-state index >= 15 is 0 Å². The molecule has 3 aromatic carbocycles. The van der Waals surface area contributed by atoms with Crippen LogP contribution >= 0.6 is 0 Å². The van der Waals surface area contributed by atoms with Gasteiger partial charge in [0.05, 0.1) is 6.54 Å². The molecule has 5 rings (SSSR count). The largest absolute Gasteiger partial charge is 0.573 e. The molecule has 1 aromatic heterocycles. The SMILES string of the molecule is O=C(O)Cn1ccc2cc(/C=C/c3cccc4c3CN(c3ccc(OC(F)(F)F)cc3)C4=O)ccc21. The summed E-state index contributed by atoms with van der Waals surface area (Å²) in [4.78, 5) is 25.5. The van der Waals surface area contributed by atoms with Crippen molar-refractivity contribution in [2.75, 3.05) is 4.90 Å². The highest BCUT2D eigenvalue weighted by Gasteiger charge is 2.32. The third kappa shape index (κ3) is 4.68. The highest BCUT2D eigenvalue weighted by molar-refractivity contribution is 6.10. The smallest absolute Gasteiger partial charge is 0.480 e. The van der Waals surface area contributed by atoms with Crippen molar-refractivity contribution in [3.63, 3.8) is 0 Å². The number of hydrogen-bond donors (Lipinski definition) is 1. The maximum atomic E-state index is 13.0. The molecule has 6 nitrogen and oxygen atoms in total. The number of carboxylic acid groups (broad SMARTS) is 1. The van der Waals surface area contributed by atoms with Gasteiger partial charge in [0.2, 0.25) is 0 Å². The molecule has 0 saturated heterocycles. The number of carbonyl (C=O) groups is 2. The van der Waals surface area contributed by atoms with Crippen LogP contribution < -0.4 is 9.64 Å². The van der Waals surface area contributed by atoms with Gasteiger partial charge in [-0.25, -0.2) is 0 Å². The lowest BCUT2D eigenvalue weighted by Crippen LogP contribution is -2.23. The Morgan fingerprint density at radius 3 is 2.53 bits per heavy atom. The van der Waals surface area contributed by atoms with Gasteiger partial charge in [0.1, 0.15) is 12.3 Å². The minimum absolute atomic E-state index is 0.114. The van der Waals surface area contributed by atoms with Crippen molar-refractivity contribution < 1.29 is 32.6 Å². The Balaban J connectivity index is 1.37. The van der Waals surface area contributed by atoms with Crippen molar-refractivity contribution >= 4 is 40.6 Å². The van der Waals surface area contributed by atoms with Gasteiger partial charge < -0.3 is 19.3 Å². The van der Waals surface area contributed by atoms with Crippen LogP contribution in [0.1, 0.15) is 27.0 Å². The Hall–Kier alpha value is -4.53. The van der Waals surface area contributed by atoms with Gasteiger partial charge in [-0.2, -0.15) is 0 Å². The second-order valence-electron chi connectivity index (χ2n) is 8.30.